The van der Waals surface area contributed by atoms with E-state index in [-0.39, 0.29) is 18.3 Å². The van der Waals surface area contributed by atoms with Gasteiger partial charge in [0.2, 0.25) is 5.91 Å². The molecule has 1 aliphatic heterocycles. The summed E-state index contributed by atoms with van der Waals surface area (Å²) in [5.74, 6) is -0.544. The number of benzene rings is 1. The van der Waals surface area contributed by atoms with Crippen LogP contribution in [0.15, 0.2) is 24.3 Å². The lowest BCUT2D eigenvalue weighted by Gasteiger charge is -2.34. The Balaban J connectivity index is 0.000000686. The highest BCUT2D eigenvalue weighted by molar-refractivity contribution is 5.79. The molecule has 1 fully saturated rings. The number of morpholine rings is 1. The van der Waals surface area contributed by atoms with Crippen LogP contribution in [0.3, 0.4) is 0 Å². The largest absolute Gasteiger partial charge is 0.369 e. The Morgan fingerprint density at radius 2 is 2.00 bits per heavy atom. The normalized spacial score (nSPS) is 23.4. The Hall–Kier alpha value is -1.42. The van der Waals surface area contributed by atoms with Crippen LogP contribution < -0.4 is 5.32 Å². The number of ether oxygens (including phenoxy) is 1. The van der Waals surface area contributed by atoms with Crippen molar-refractivity contribution in [3.8, 4) is 0 Å². The molecule has 3 nitrogen and oxygen atoms in total. The second-order valence-corrected chi connectivity index (χ2v) is 3.85. The first-order chi connectivity index (χ1) is 8.12. The van der Waals surface area contributed by atoms with Gasteiger partial charge in [-0.2, -0.15) is 0 Å². The average molecular weight is 239 g/mol. The second kappa shape index (κ2) is 5.77. The van der Waals surface area contributed by atoms with Gasteiger partial charge in [0.15, 0.2) is 0 Å². The smallest absolute Gasteiger partial charge is 0.246 e. The van der Waals surface area contributed by atoms with E-state index in [9.17, 15) is 9.18 Å². The average Bonchev–Trinajstić information content (AvgIpc) is 2.31. The van der Waals surface area contributed by atoms with E-state index in [0.717, 1.165) is 0 Å². The lowest BCUT2D eigenvalue weighted by Crippen LogP contribution is -2.53. The Labute approximate surface area is 101 Å². The lowest BCUT2D eigenvalue weighted by molar-refractivity contribution is -0.135. The maximum Gasteiger partial charge on any atom is 0.246 e. The molecule has 1 saturated heterocycles. The van der Waals surface area contributed by atoms with Crippen LogP contribution in [0.5, 0.6) is 0 Å². The van der Waals surface area contributed by atoms with Gasteiger partial charge in [-0.15, -0.1) is 0 Å². The van der Waals surface area contributed by atoms with E-state index in [1.54, 1.807) is 25.1 Å². The molecule has 0 aromatic heterocycles. The minimum atomic E-state index is -0.763. The molecule has 1 heterocycles. The first-order valence-corrected chi connectivity index (χ1v) is 5.75. The summed E-state index contributed by atoms with van der Waals surface area (Å²) in [4.78, 5) is 11.2. The number of hydrogen-bond acceptors (Lipinski definition) is 2. The Kier molecular flexibility index (Phi) is 4.63. The van der Waals surface area contributed by atoms with Crippen molar-refractivity contribution in [2.24, 2.45) is 0 Å². The zero-order valence-electron chi connectivity index (χ0n) is 10.4. The highest BCUT2D eigenvalue weighted by Crippen LogP contribution is 2.25. The zero-order valence-corrected chi connectivity index (χ0v) is 10.4. The summed E-state index contributed by atoms with van der Waals surface area (Å²) in [7, 11) is 0. The molecule has 0 spiro atoms. The van der Waals surface area contributed by atoms with Crippen LogP contribution in [0.25, 0.3) is 0 Å². The Morgan fingerprint density at radius 3 is 2.59 bits per heavy atom. The predicted molar refractivity (Wildman–Crippen MR) is 64.1 cm³/mol. The molecule has 1 atom stereocenters. The molecule has 1 aliphatic rings. The summed E-state index contributed by atoms with van der Waals surface area (Å²) in [6.07, 6.45) is 0. The number of halogens is 1. The van der Waals surface area contributed by atoms with Gasteiger partial charge >= 0.3 is 0 Å². The van der Waals surface area contributed by atoms with Crippen molar-refractivity contribution < 1.29 is 13.9 Å². The van der Waals surface area contributed by atoms with Gasteiger partial charge in [-0.3, -0.25) is 4.79 Å². The SMILES string of the molecule is CC.CC1(c2ccccc2F)COCC(=O)N1. The Morgan fingerprint density at radius 1 is 1.35 bits per heavy atom. The van der Waals surface area contributed by atoms with Gasteiger partial charge < -0.3 is 10.1 Å². The fourth-order valence-corrected chi connectivity index (χ4v) is 1.78. The van der Waals surface area contributed by atoms with Crippen LogP contribution in [0.2, 0.25) is 0 Å². The molecule has 0 bridgehead atoms. The molecule has 2 rings (SSSR count). The number of hydrogen-bond donors (Lipinski definition) is 1. The van der Waals surface area contributed by atoms with Crippen LogP contribution in [0.4, 0.5) is 4.39 Å². The van der Waals surface area contributed by atoms with Crippen LogP contribution in [0.1, 0.15) is 26.3 Å². The third kappa shape index (κ3) is 3.03. The van der Waals surface area contributed by atoms with Crippen LogP contribution in [-0.4, -0.2) is 19.1 Å². The minimum Gasteiger partial charge on any atom is -0.369 e. The molecule has 4 heteroatoms. The maximum atomic E-state index is 13.5. The third-order valence-electron chi connectivity index (χ3n) is 2.51. The molecule has 1 N–H and O–H groups in total. The first kappa shape index (κ1) is 13.6. The van der Waals surface area contributed by atoms with Crippen molar-refractivity contribution in [3.63, 3.8) is 0 Å². The number of rotatable bonds is 1. The van der Waals surface area contributed by atoms with E-state index in [0.29, 0.717) is 12.2 Å². The summed E-state index contributed by atoms with van der Waals surface area (Å²) in [6, 6.07) is 6.39. The quantitative estimate of drug-likeness (QED) is 0.816. The van der Waals surface area contributed by atoms with Gasteiger partial charge in [-0.25, -0.2) is 4.39 Å². The molecule has 1 unspecified atom stereocenters. The molecule has 1 aromatic carbocycles. The highest BCUT2D eigenvalue weighted by Gasteiger charge is 2.34. The number of carbonyl (C=O) groups is 1. The van der Waals surface area contributed by atoms with Crippen molar-refractivity contribution in [2.75, 3.05) is 13.2 Å². The summed E-state index contributed by atoms with van der Waals surface area (Å²) >= 11 is 0. The number of carbonyl (C=O) groups excluding carboxylic acids is 1. The van der Waals surface area contributed by atoms with Crippen LogP contribution in [0, 0.1) is 5.82 Å². The van der Waals surface area contributed by atoms with Crippen molar-refractivity contribution in [2.45, 2.75) is 26.3 Å². The molecule has 0 radical (unpaired) electrons. The van der Waals surface area contributed by atoms with Gasteiger partial charge in [0.05, 0.1) is 12.1 Å². The predicted octanol–water partition coefficient (Wildman–Crippen LogP) is 2.21. The fourth-order valence-electron chi connectivity index (χ4n) is 1.78. The van der Waals surface area contributed by atoms with Crippen molar-refractivity contribution in [1.82, 2.24) is 5.32 Å². The van der Waals surface area contributed by atoms with Crippen molar-refractivity contribution in [1.29, 1.82) is 0 Å². The zero-order chi connectivity index (χ0) is 12.9. The monoisotopic (exact) mass is 239 g/mol. The topological polar surface area (TPSA) is 38.3 Å². The van der Waals surface area contributed by atoms with Gasteiger partial charge in [0.1, 0.15) is 12.4 Å². The van der Waals surface area contributed by atoms with Gasteiger partial charge in [0, 0.05) is 5.56 Å². The molecule has 1 amide bonds. The van der Waals surface area contributed by atoms with E-state index in [2.05, 4.69) is 5.32 Å². The molecule has 0 aliphatic carbocycles. The first-order valence-electron chi connectivity index (χ1n) is 5.75. The minimum absolute atomic E-state index is 0.0457. The molecular weight excluding hydrogens is 221 g/mol. The van der Waals surface area contributed by atoms with Crippen LogP contribution >= 0.6 is 0 Å². The second-order valence-electron chi connectivity index (χ2n) is 3.85. The molecule has 17 heavy (non-hydrogen) atoms. The molecule has 0 saturated carbocycles. The molecular formula is C13H18FNO2. The number of nitrogens with one attached hydrogen (secondary N) is 1. The van der Waals surface area contributed by atoms with Crippen LogP contribution in [-0.2, 0) is 15.1 Å². The highest BCUT2D eigenvalue weighted by atomic mass is 19.1. The van der Waals surface area contributed by atoms with Crippen molar-refractivity contribution in [3.05, 3.63) is 35.6 Å². The molecule has 94 valence electrons. The van der Waals surface area contributed by atoms with Crippen molar-refractivity contribution >= 4 is 5.91 Å². The Bertz CT molecular complexity index is 395. The van der Waals surface area contributed by atoms with E-state index in [4.69, 9.17) is 4.74 Å². The summed E-state index contributed by atoms with van der Waals surface area (Å²) in [5, 5.41) is 2.75. The van der Waals surface area contributed by atoms with E-state index in [1.165, 1.54) is 6.07 Å². The molecule has 1 aromatic rings. The summed E-state index contributed by atoms with van der Waals surface area (Å²) in [6.45, 7) is 6.09. The van der Waals surface area contributed by atoms with Gasteiger partial charge in [-0.1, -0.05) is 32.0 Å². The summed E-state index contributed by atoms with van der Waals surface area (Å²) in [5.41, 5.74) is -0.307. The van der Waals surface area contributed by atoms with Gasteiger partial charge in [-0.05, 0) is 13.0 Å². The standard InChI is InChI=1S/C11H12FNO2.C2H6/c1-11(7-15-6-10(14)13-11)8-4-2-3-5-9(8)12;1-2/h2-5H,6-7H2,1H3,(H,13,14);1-2H3. The lowest BCUT2D eigenvalue weighted by atomic mass is 9.91. The van der Waals surface area contributed by atoms with E-state index < -0.39 is 5.54 Å². The van der Waals surface area contributed by atoms with E-state index in [1.807, 2.05) is 13.8 Å². The fraction of sp³-hybridized carbons (Fsp3) is 0.462. The number of amides is 1. The third-order valence-corrected chi connectivity index (χ3v) is 2.51. The summed E-state index contributed by atoms with van der Waals surface area (Å²) < 4.78 is 18.7. The maximum absolute atomic E-state index is 13.5. The van der Waals surface area contributed by atoms with E-state index >= 15 is 0 Å². The van der Waals surface area contributed by atoms with Gasteiger partial charge in [0.25, 0.3) is 0 Å².